The first-order valence-corrected chi connectivity index (χ1v) is 24.0. The average molecular weight is 952 g/mol. The molecule has 14 heteroatoms. The molecule has 3 aliphatic carbocycles. The van der Waals surface area contributed by atoms with Gasteiger partial charge in [0.25, 0.3) is 0 Å². The van der Waals surface area contributed by atoms with Gasteiger partial charge in [0.1, 0.15) is 17.0 Å². The highest BCUT2D eigenvalue weighted by Crippen LogP contribution is 2.58. The van der Waals surface area contributed by atoms with Gasteiger partial charge in [0, 0.05) is 47.1 Å². The molecule has 2 heterocycles. The number of halogens is 4. The standard InChI is InChI=1S/C54H58ClF3N4O6/c1-35(34-68-47-18-26-60-46-13-4-8-36(2)49(46)47)28-41-31-40-14-15-44(67-27-7-23-61-48(63)30-37-9-5-10-39(29-37)38-16-24-59-25-17-38)33-45(40)52(41)19-21-53(22-20-52,51(65)66-3)62(50(64)54(56,57)58)43-12-6-11-42(55)32-43/h5-6,9-12,14-18,24-26,29,32-33,35-36,41H,4,7-8,13,19-23,27-28,30-31,34H2,1-3H3,(H,61,63)/t35-,36-,41+,52?,53?/m1/s1. The summed E-state index contributed by atoms with van der Waals surface area (Å²) in [6, 6.07) is 25.3. The second kappa shape index (κ2) is 20.7. The number of carbonyl (C=O) groups is 3. The molecule has 5 aromatic rings. The first-order valence-electron chi connectivity index (χ1n) is 23.6. The number of hydrogen-bond donors (Lipinski definition) is 1. The number of hydrogen-bond acceptors (Lipinski definition) is 8. The molecule has 1 N–H and O–H groups in total. The fraction of sp³-hybridized carbons (Fsp3) is 0.426. The van der Waals surface area contributed by atoms with E-state index in [-0.39, 0.29) is 47.7 Å². The zero-order valence-corrected chi connectivity index (χ0v) is 39.5. The molecule has 8 rings (SSSR count). The minimum atomic E-state index is -5.29. The molecule has 68 heavy (non-hydrogen) atoms. The fourth-order valence-corrected chi connectivity index (χ4v) is 11.3. The number of esters is 1. The van der Waals surface area contributed by atoms with Crippen LogP contribution in [0.15, 0.2) is 104 Å². The minimum absolute atomic E-state index is 0.0332. The highest BCUT2D eigenvalue weighted by Gasteiger charge is 2.60. The van der Waals surface area contributed by atoms with Crippen LogP contribution in [0.5, 0.6) is 11.5 Å². The lowest BCUT2D eigenvalue weighted by atomic mass is 9.59. The molecule has 1 saturated carbocycles. The van der Waals surface area contributed by atoms with Crippen molar-refractivity contribution in [3.8, 4) is 22.6 Å². The van der Waals surface area contributed by atoms with E-state index in [2.05, 4.69) is 35.2 Å². The van der Waals surface area contributed by atoms with Gasteiger partial charge in [0.15, 0.2) is 0 Å². The third-order valence-electron chi connectivity index (χ3n) is 14.3. The van der Waals surface area contributed by atoms with Crippen molar-refractivity contribution in [2.45, 2.75) is 108 Å². The van der Waals surface area contributed by atoms with Gasteiger partial charge in [-0.05, 0) is 164 Å². The predicted octanol–water partition coefficient (Wildman–Crippen LogP) is 11.0. The Morgan fingerprint density at radius 2 is 1.71 bits per heavy atom. The van der Waals surface area contributed by atoms with E-state index in [0.29, 0.717) is 62.0 Å². The lowest BCUT2D eigenvalue weighted by molar-refractivity contribution is -0.174. The predicted molar refractivity (Wildman–Crippen MR) is 255 cm³/mol. The van der Waals surface area contributed by atoms with Crippen molar-refractivity contribution >= 4 is 35.1 Å². The van der Waals surface area contributed by atoms with Crippen LogP contribution in [-0.4, -0.2) is 66.3 Å². The van der Waals surface area contributed by atoms with Crippen LogP contribution in [-0.2, 0) is 43.8 Å². The molecule has 3 atom stereocenters. The number of benzene rings is 3. The average Bonchev–Trinajstić information content (AvgIpc) is 3.61. The van der Waals surface area contributed by atoms with Gasteiger partial charge in [-0.25, -0.2) is 4.79 Å². The molecule has 3 aromatic carbocycles. The molecular formula is C54H58ClF3N4O6. The molecule has 0 unspecified atom stereocenters. The molecule has 10 nitrogen and oxygen atoms in total. The SMILES string of the molecule is COC(=O)C1(N(C(=O)C(F)(F)F)c2cccc(Cl)c2)CCC2(CC1)c1cc(OCCCNC(=O)Cc3cccc(-c4ccncc4)c3)ccc1C[C@@H]2C[C@@H](C)COc1ccnc2c1[C@H](C)CCC2. The third-order valence-corrected chi connectivity index (χ3v) is 14.6. The zero-order chi connectivity index (χ0) is 48.1. The van der Waals surface area contributed by atoms with Gasteiger partial charge in [-0.15, -0.1) is 0 Å². The Morgan fingerprint density at radius 1 is 0.926 bits per heavy atom. The number of amides is 2. The Kier molecular flexibility index (Phi) is 14.8. The number of nitrogens with zero attached hydrogens (tertiary/aromatic N) is 3. The molecule has 1 spiro atoms. The number of aromatic nitrogens is 2. The Bertz CT molecular complexity index is 2600. The minimum Gasteiger partial charge on any atom is -0.494 e. The number of carbonyl (C=O) groups excluding carboxylic acids is 3. The lowest BCUT2D eigenvalue weighted by Crippen LogP contribution is -2.63. The van der Waals surface area contributed by atoms with Gasteiger partial charge < -0.3 is 19.5 Å². The van der Waals surface area contributed by atoms with Crippen LogP contribution in [0.2, 0.25) is 5.02 Å². The molecule has 0 bridgehead atoms. The van der Waals surface area contributed by atoms with Gasteiger partial charge in [-0.3, -0.25) is 24.5 Å². The first kappa shape index (κ1) is 48.5. The molecule has 0 aliphatic heterocycles. The topological polar surface area (TPSA) is 120 Å². The first-order chi connectivity index (χ1) is 32.7. The van der Waals surface area contributed by atoms with Crippen molar-refractivity contribution in [3.63, 3.8) is 0 Å². The highest BCUT2D eigenvalue weighted by molar-refractivity contribution is 6.31. The van der Waals surface area contributed by atoms with Crippen LogP contribution >= 0.6 is 11.6 Å². The molecule has 2 amide bonds. The molecule has 2 aromatic heterocycles. The summed E-state index contributed by atoms with van der Waals surface area (Å²) in [6.45, 7) is 5.58. The molecule has 0 radical (unpaired) electrons. The normalized spacial score (nSPS) is 21.3. The van der Waals surface area contributed by atoms with Crippen molar-refractivity contribution in [2.24, 2.45) is 11.8 Å². The molecule has 0 saturated heterocycles. The maximum Gasteiger partial charge on any atom is 0.471 e. The summed E-state index contributed by atoms with van der Waals surface area (Å²) in [7, 11) is 1.14. The van der Waals surface area contributed by atoms with Gasteiger partial charge in [0.05, 0.1) is 26.7 Å². The third kappa shape index (κ3) is 10.4. The van der Waals surface area contributed by atoms with Crippen LogP contribution in [0.4, 0.5) is 18.9 Å². The smallest absolute Gasteiger partial charge is 0.471 e. The molecule has 3 aliphatic rings. The van der Waals surface area contributed by atoms with Crippen molar-refractivity contribution in [2.75, 3.05) is 31.8 Å². The second-order valence-corrected chi connectivity index (χ2v) is 19.2. The summed E-state index contributed by atoms with van der Waals surface area (Å²) in [5.74, 6) is -1.21. The number of methoxy groups -OCH3 is 1. The van der Waals surface area contributed by atoms with E-state index < -0.39 is 29.0 Å². The number of nitrogens with one attached hydrogen (secondary N) is 1. The van der Waals surface area contributed by atoms with E-state index >= 15 is 0 Å². The number of pyridine rings is 2. The second-order valence-electron chi connectivity index (χ2n) is 18.8. The van der Waals surface area contributed by atoms with Gasteiger partial charge in [-0.2, -0.15) is 13.2 Å². The summed E-state index contributed by atoms with van der Waals surface area (Å²) in [4.78, 5) is 49.7. The van der Waals surface area contributed by atoms with Gasteiger partial charge >= 0.3 is 18.1 Å². The largest absolute Gasteiger partial charge is 0.494 e. The number of fused-ring (bicyclic) bond motifs is 3. The van der Waals surface area contributed by atoms with Crippen molar-refractivity contribution in [1.29, 1.82) is 0 Å². The zero-order valence-electron chi connectivity index (χ0n) is 38.7. The fourth-order valence-electron chi connectivity index (χ4n) is 11.1. The summed E-state index contributed by atoms with van der Waals surface area (Å²) >= 11 is 6.29. The maximum atomic E-state index is 14.5. The van der Waals surface area contributed by atoms with Crippen molar-refractivity contribution in [3.05, 3.63) is 136 Å². The van der Waals surface area contributed by atoms with Gasteiger partial charge in [-0.1, -0.05) is 61.8 Å². The Morgan fingerprint density at radius 3 is 2.46 bits per heavy atom. The van der Waals surface area contributed by atoms with Gasteiger partial charge in [0.2, 0.25) is 5.91 Å². The quantitative estimate of drug-likeness (QED) is 0.0767. The Hall–Kier alpha value is -5.95. The van der Waals surface area contributed by atoms with E-state index in [0.717, 1.165) is 72.1 Å². The number of alkyl halides is 3. The maximum absolute atomic E-state index is 14.5. The molecule has 1 fully saturated rings. The van der Waals surface area contributed by atoms with Crippen LogP contribution in [0.3, 0.4) is 0 Å². The highest BCUT2D eigenvalue weighted by atomic mass is 35.5. The summed E-state index contributed by atoms with van der Waals surface area (Å²) in [5.41, 5.74) is 4.67. The van der Waals surface area contributed by atoms with E-state index in [1.807, 2.05) is 60.8 Å². The molecular weight excluding hydrogens is 893 g/mol. The number of aryl methyl sites for hydroxylation is 1. The Labute approximate surface area is 401 Å². The number of anilines is 1. The van der Waals surface area contributed by atoms with Crippen molar-refractivity contribution in [1.82, 2.24) is 15.3 Å². The van der Waals surface area contributed by atoms with Crippen molar-refractivity contribution < 1.29 is 41.8 Å². The summed E-state index contributed by atoms with van der Waals surface area (Å²) in [5, 5.41) is 3.12. The monoisotopic (exact) mass is 950 g/mol. The van der Waals surface area contributed by atoms with E-state index in [9.17, 15) is 27.6 Å². The summed E-state index contributed by atoms with van der Waals surface area (Å²) in [6.07, 6.45) is 5.77. The molecule has 358 valence electrons. The van der Waals surface area contributed by atoms with E-state index in [4.69, 9.17) is 25.8 Å². The van der Waals surface area contributed by atoms with Crippen LogP contribution in [0, 0.1) is 11.8 Å². The Balaban J connectivity index is 1.00. The van der Waals surface area contributed by atoms with Crippen LogP contribution in [0.25, 0.3) is 11.1 Å². The lowest BCUT2D eigenvalue weighted by Gasteiger charge is -2.51. The van der Waals surface area contributed by atoms with E-state index in [1.54, 1.807) is 12.4 Å². The number of ether oxygens (including phenoxy) is 3. The summed E-state index contributed by atoms with van der Waals surface area (Å²) < 4.78 is 61.8. The van der Waals surface area contributed by atoms with Crippen LogP contribution < -0.4 is 19.7 Å². The van der Waals surface area contributed by atoms with E-state index in [1.165, 1.54) is 29.8 Å². The van der Waals surface area contributed by atoms with Crippen LogP contribution in [0.1, 0.15) is 99.1 Å². The number of rotatable bonds is 16.